The van der Waals surface area contributed by atoms with E-state index < -0.39 is 0 Å². The number of benzene rings is 1. The van der Waals surface area contributed by atoms with E-state index >= 15 is 0 Å². The van der Waals surface area contributed by atoms with Crippen molar-refractivity contribution in [3.05, 3.63) is 35.6 Å². The molecule has 0 heterocycles. The third-order valence-corrected chi connectivity index (χ3v) is 2.65. The monoisotopic (exact) mass is 210 g/mol. The second-order valence-electron chi connectivity index (χ2n) is 4.93. The van der Waals surface area contributed by atoms with Crippen LogP contribution in [0.25, 0.3) is 0 Å². The van der Waals surface area contributed by atoms with Crippen molar-refractivity contribution in [2.24, 2.45) is 5.41 Å². The van der Waals surface area contributed by atoms with Gasteiger partial charge in [-0.15, -0.1) is 0 Å². The summed E-state index contributed by atoms with van der Waals surface area (Å²) in [4.78, 5) is 0. The fraction of sp³-hybridized carbons (Fsp3) is 0.538. The molecule has 0 spiro atoms. The molecule has 84 valence electrons. The molecule has 0 aliphatic heterocycles. The first kappa shape index (κ1) is 12.2. The average Bonchev–Trinajstić information content (AvgIpc) is 2.14. The standard InChI is InChI=1S/C13H19FO/c1-13(2,3)12(9-15-4)10-5-7-11(14)8-6-10/h5-8,12H,9H2,1-4H3/t12-/m1/s1. The molecule has 0 fully saturated rings. The number of halogens is 1. The first-order valence-corrected chi connectivity index (χ1v) is 5.19. The Morgan fingerprint density at radius 3 is 2.13 bits per heavy atom. The first-order valence-electron chi connectivity index (χ1n) is 5.19. The second kappa shape index (κ2) is 4.75. The smallest absolute Gasteiger partial charge is 0.123 e. The van der Waals surface area contributed by atoms with Gasteiger partial charge in [-0.25, -0.2) is 4.39 Å². The van der Waals surface area contributed by atoms with Gasteiger partial charge in [-0.1, -0.05) is 32.9 Å². The van der Waals surface area contributed by atoms with Gasteiger partial charge in [0.2, 0.25) is 0 Å². The van der Waals surface area contributed by atoms with Crippen LogP contribution in [-0.4, -0.2) is 13.7 Å². The minimum atomic E-state index is -0.191. The highest BCUT2D eigenvalue weighted by Gasteiger charge is 2.25. The fourth-order valence-electron chi connectivity index (χ4n) is 1.71. The van der Waals surface area contributed by atoms with E-state index in [4.69, 9.17) is 4.74 Å². The van der Waals surface area contributed by atoms with E-state index in [1.807, 2.05) is 12.1 Å². The largest absolute Gasteiger partial charge is 0.384 e. The Labute approximate surface area is 91.3 Å². The summed E-state index contributed by atoms with van der Waals surface area (Å²) in [6.07, 6.45) is 0. The lowest BCUT2D eigenvalue weighted by Crippen LogP contribution is -2.22. The van der Waals surface area contributed by atoms with E-state index in [9.17, 15) is 4.39 Å². The van der Waals surface area contributed by atoms with Crippen LogP contribution in [0.1, 0.15) is 32.3 Å². The van der Waals surface area contributed by atoms with Crippen LogP contribution in [0.5, 0.6) is 0 Å². The Hall–Kier alpha value is -0.890. The third-order valence-electron chi connectivity index (χ3n) is 2.65. The summed E-state index contributed by atoms with van der Waals surface area (Å²) in [7, 11) is 1.70. The molecule has 2 heteroatoms. The van der Waals surface area contributed by atoms with Crippen molar-refractivity contribution < 1.29 is 9.13 Å². The van der Waals surface area contributed by atoms with E-state index in [1.165, 1.54) is 12.1 Å². The highest BCUT2D eigenvalue weighted by atomic mass is 19.1. The van der Waals surface area contributed by atoms with Crippen LogP contribution in [0.3, 0.4) is 0 Å². The van der Waals surface area contributed by atoms with Gasteiger partial charge in [0, 0.05) is 13.0 Å². The topological polar surface area (TPSA) is 9.23 Å². The van der Waals surface area contributed by atoms with Crippen LogP contribution in [0, 0.1) is 11.2 Å². The summed E-state index contributed by atoms with van der Waals surface area (Å²) >= 11 is 0. The number of ether oxygens (including phenoxy) is 1. The molecule has 1 atom stereocenters. The van der Waals surface area contributed by atoms with Gasteiger partial charge >= 0.3 is 0 Å². The molecule has 0 unspecified atom stereocenters. The zero-order valence-corrected chi connectivity index (χ0v) is 9.88. The molecule has 0 radical (unpaired) electrons. The second-order valence-corrected chi connectivity index (χ2v) is 4.93. The summed E-state index contributed by atoms with van der Waals surface area (Å²) in [5.74, 6) is 0.104. The fourth-order valence-corrected chi connectivity index (χ4v) is 1.71. The lowest BCUT2D eigenvalue weighted by molar-refractivity contribution is 0.132. The molecule has 0 saturated carbocycles. The van der Waals surface area contributed by atoms with Gasteiger partial charge in [-0.05, 0) is 23.1 Å². The molecule has 1 nitrogen and oxygen atoms in total. The first-order chi connectivity index (χ1) is 6.95. The van der Waals surface area contributed by atoms with E-state index in [0.29, 0.717) is 12.5 Å². The van der Waals surface area contributed by atoms with Crippen LogP contribution in [0.4, 0.5) is 4.39 Å². The summed E-state index contributed by atoms with van der Waals surface area (Å²) in [6.45, 7) is 7.16. The Kier molecular flexibility index (Phi) is 3.86. The molecular weight excluding hydrogens is 191 g/mol. The van der Waals surface area contributed by atoms with E-state index in [2.05, 4.69) is 20.8 Å². The predicted molar refractivity (Wildman–Crippen MR) is 60.5 cm³/mol. The number of methoxy groups -OCH3 is 1. The normalized spacial score (nSPS) is 13.9. The van der Waals surface area contributed by atoms with Crippen molar-refractivity contribution in [1.29, 1.82) is 0 Å². The maximum Gasteiger partial charge on any atom is 0.123 e. The van der Waals surface area contributed by atoms with E-state index in [0.717, 1.165) is 5.56 Å². The Morgan fingerprint density at radius 2 is 1.73 bits per heavy atom. The van der Waals surface area contributed by atoms with Gasteiger partial charge in [0.05, 0.1) is 6.61 Å². The van der Waals surface area contributed by atoms with Crippen LogP contribution < -0.4 is 0 Å². The highest BCUT2D eigenvalue weighted by Crippen LogP contribution is 2.35. The number of hydrogen-bond acceptors (Lipinski definition) is 1. The Balaban J connectivity index is 2.94. The molecule has 0 aliphatic carbocycles. The molecular formula is C13H19FO. The molecule has 1 aromatic rings. The SMILES string of the molecule is COC[C@H](c1ccc(F)cc1)C(C)(C)C. The van der Waals surface area contributed by atoms with Crippen molar-refractivity contribution in [1.82, 2.24) is 0 Å². The van der Waals surface area contributed by atoms with Crippen molar-refractivity contribution in [2.45, 2.75) is 26.7 Å². The predicted octanol–water partition coefficient (Wildman–Crippen LogP) is 3.60. The average molecular weight is 210 g/mol. The molecule has 0 amide bonds. The van der Waals surface area contributed by atoms with Gasteiger partial charge in [0.25, 0.3) is 0 Å². The summed E-state index contributed by atoms with van der Waals surface area (Å²) < 4.78 is 18.0. The molecule has 0 bridgehead atoms. The van der Waals surface area contributed by atoms with Crippen LogP contribution >= 0.6 is 0 Å². The maximum absolute atomic E-state index is 12.8. The molecule has 0 saturated heterocycles. The van der Waals surface area contributed by atoms with Gasteiger partial charge in [-0.2, -0.15) is 0 Å². The lowest BCUT2D eigenvalue weighted by Gasteiger charge is -2.30. The summed E-state index contributed by atoms with van der Waals surface area (Å²) in [6, 6.07) is 6.68. The molecule has 0 aromatic heterocycles. The summed E-state index contributed by atoms with van der Waals surface area (Å²) in [5, 5.41) is 0. The van der Waals surface area contributed by atoms with Crippen molar-refractivity contribution >= 4 is 0 Å². The van der Waals surface area contributed by atoms with E-state index in [1.54, 1.807) is 7.11 Å². The molecule has 1 aromatic carbocycles. The summed E-state index contributed by atoms with van der Waals surface area (Å²) in [5.41, 5.74) is 1.25. The van der Waals surface area contributed by atoms with Crippen molar-refractivity contribution in [2.75, 3.05) is 13.7 Å². The maximum atomic E-state index is 12.8. The van der Waals surface area contributed by atoms with Crippen molar-refractivity contribution in [3.63, 3.8) is 0 Å². The zero-order chi connectivity index (χ0) is 11.5. The molecule has 15 heavy (non-hydrogen) atoms. The molecule has 1 rings (SSSR count). The number of hydrogen-bond donors (Lipinski definition) is 0. The highest BCUT2D eigenvalue weighted by molar-refractivity contribution is 5.22. The van der Waals surface area contributed by atoms with E-state index in [-0.39, 0.29) is 11.2 Å². The van der Waals surface area contributed by atoms with Gasteiger partial charge in [0.1, 0.15) is 5.82 Å². The lowest BCUT2D eigenvalue weighted by atomic mass is 9.77. The Morgan fingerprint density at radius 1 is 1.20 bits per heavy atom. The van der Waals surface area contributed by atoms with Gasteiger partial charge in [-0.3, -0.25) is 0 Å². The minimum Gasteiger partial charge on any atom is -0.384 e. The molecule has 0 N–H and O–H groups in total. The van der Waals surface area contributed by atoms with Crippen LogP contribution in [0.2, 0.25) is 0 Å². The zero-order valence-electron chi connectivity index (χ0n) is 9.88. The quantitative estimate of drug-likeness (QED) is 0.740. The van der Waals surface area contributed by atoms with Crippen molar-refractivity contribution in [3.8, 4) is 0 Å². The molecule has 0 aliphatic rings. The third kappa shape index (κ3) is 3.31. The Bertz CT molecular complexity index is 297. The van der Waals surface area contributed by atoms with Crippen LogP contribution in [-0.2, 0) is 4.74 Å². The number of rotatable bonds is 3. The van der Waals surface area contributed by atoms with Gasteiger partial charge < -0.3 is 4.74 Å². The minimum absolute atomic E-state index is 0.119. The van der Waals surface area contributed by atoms with Gasteiger partial charge in [0.15, 0.2) is 0 Å². The van der Waals surface area contributed by atoms with Crippen LogP contribution in [0.15, 0.2) is 24.3 Å².